The van der Waals surface area contributed by atoms with Crippen LogP contribution in [-0.2, 0) is 16.6 Å². The van der Waals surface area contributed by atoms with E-state index in [0.717, 1.165) is 11.8 Å². The molecule has 0 bridgehead atoms. The van der Waals surface area contributed by atoms with Gasteiger partial charge in [-0.1, -0.05) is 41.9 Å². The fourth-order valence-electron chi connectivity index (χ4n) is 1.85. The summed E-state index contributed by atoms with van der Waals surface area (Å²) < 4.78 is 24.8. The number of rotatable bonds is 5. The minimum absolute atomic E-state index is 0.214. The van der Waals surface area contributed by atoms with E-state index < -0.39 is 10.0 Å². The van der Waals surface area contributed by atoms with E-state index in [1.807, 2.05) is 30.3 Å². The van der Waals surface area contributed by atoms with Gasteiger partial charge in [0.1, 0.15) is 0 Å². The first-order valence-electron chi connectivity index (χ1n) is 6.44. The van der Waals surface area contributed by atoms with Crippen LogP contribution in [0.2, 0.25) is 5.02 Å². The number of nitrogens with one attached hydrogen (secondary N) is 2. The second kappa shape index (κ2) is 6.81. The molecule has 0 aromatic heterocycles. The van der Waals surface area contributed by atoms with Gasteiger partial charge in [0.05, 0.1) is 16.8 Å². The Morgan fingerprint density at radius 1 is 1.14 bits per heavy atom. The highest BCUT2D eigenvalue weighted by Gasteiger charge is 2.12. The van der Waals surface area contributed by atoms with Crippen molar-refractivity contribution in [2.24, 2.45) is 0 Å². The van der Waals surface area contributed by atoms with Crippen LogP contribution in [0.5, 0.6) is 0 Å². The molecule has 2 aromatic rings. The molecule has 0 radical (unpaired) electrons. The molecule has 0 aliphatic carbocycles. The third-order valence-electron chi connectivity index (χ3n) is 2.81. The molecule has 0 unspecified atom stereocenters. The summed E-state index contributed by atoms with van der Waals surface area (Å²) in [4.78, 5) is 12.2. The topological polar surface area (TPSA) is 75.3 Å². The molecule has 22 heavy (non-hydrogen) atoms. The zero-order chi connectivity index (χ0) is 16.2. The quantitative estimate of drug-likeness (QED) is 0.880. The van der Waals surface area contributed by atoms with Crippen LogP contribution in [0.1, 0.15) is 15.9 Å². The van der Waals surface area contributed by atoms with Crippen molar-refractivity contribution in [1.82, 2.24) is 5.32 Å². The van der Waals surface area contributed by atoms with Gasteiger partial charge in [-0.25, -0.2) is 8.42 Å². The minimum atomic E-state index is -3.41. The molecule has 0 aliphatic rings. The van der Waals surface area contributed by atoms with E-state index in [0.29, 0.717) is 6.54 Å². The van der Waals surface area contributed by atoms with Gasteiger partial charge in [-0.15, -0.1) is 0 Å². The zero-order valence-electron chi connectivity index (χ0n) is 11.8. The standard InChI is InChI=1S/C15H15ClN2O3S/c1-22(20,21)18-12-7-8-14(16)13(9-12)15(19)17-10-11-5-3-2-4-6-11/h2-9,18H,10H2,1H3,(H,17,19). The number of halogens is 1. The Hall–Kier alpha value is -2.05. The lowest BCUT2D eigenvalue weighted by Gasteiger charge is -2.10. The first-order valence-corrected chi connectivity index (χ1v) is 8.71. The summed E-state index contributed by atoms with van der Waals surface area (Å²) in [6, 6.07) is 13.8. The van der Waals surface area contributed by atoms with Crippen molar-refractivity contribution < 1.29 is 13.2 Å². The Balaban J connectivity index is 2.13. The Labute approximate surface area is 134 Å². The molecule has 0 aliphatic heterocycles. The molecule has 2 N–H and O–H groups in total. The van der Waals surface area contributed by atoms with Gasteiger partial charge in [-0.05, 0) is 23.8 Å². The molecule has 0 saturated carbocycles. The predicted molar refractivity (Wildman–Crippen MR) is 87.5 cm³/mol. The van der Waals surface area contributed by atoms with Gasteiger partial charge in [-0.2, -0.15) is 0 Å². The molecule has 7 heteroatoms. The van der Waals surface area contributed by atoms with Crippen molar-refractivity contribution in [2.45, 2.75) is 6.54 Å². The van der Waals surface area contributed by atoms with Crippen LogP contribution in [0.25, 0.3) is 0 Å². The number of anilines is 1. The van der Waals surface area contributed by atoms with Crippen LogP contribution < -0.4 is 10.0 Å². The number of carbonyl (C=O) groups is 1. The van der Waals surface area contributed by atoms with Gasteiger partial charge in [-0.3, -0.25) is 9.52 Å². The highest BCUT2D eigenvalue weighted by molar-refractivity contribution is 7.92. The van der Waals surface area contributed by atoms with Crippen LogP contribution in [0.15, 0.2) is 48.5 Å². The summed E-state index contributed by atoms with van der Waals surface area (Å²) in [5.41, 5.74) is 1.46. The zero-order valence-corrected chi connectivity index (χ0v) is 13.4. The molecule has 1 amide bonds. The minimum Gasteiger partial charge on any atom is -0.348 e. The monoisotopic (exact) mass is 338 g/mol. The van der Waals surface area contributed by atoms with Gasteiger partial charge in [0.2, 0.25) is 10.0 Å². The van der Waals surface area contributed by atoms with E-state index >= 15 is 0 Å². The third-order valence-corrected chi connectivity index (χ3v) is 3.75. The van der Waals surface area contributed by atoms with E-state index in [4.69, 9.17) is 11.6 Å². The molecule has 116 valence electrons. The first-order chi connectivity index (χ1) is 10.3. The Kier molecular flexibility index (Phi) is 5.05. The van der Waals surface area contributed by atoms with Crippen LogP contribution in [0.4, 0.5) is 5.69 Å². The summed E-state index contributed by atoms with van der Waals surface area (Å²) in [6.07, 6.45) is 1.04. The van der Waals surface area contributed by atoms with E-state index in [9.17, 15) is 13.2 Å². The van der Waals surface area contributed by atoms with E-state index in [2.05, 4.69) is 10.0 Å². The van der Waals surface area contributed by atoms with Crippen molar-refractivity contribution in [3.8, 4) is 0 Å². The predicted octanol–water partition coefficient (Wildman–Crippen LogP) is 2.64. The van der Waals surface area contributed by atoms with Crippen molar-refractivity contribution in [3.05, 3.63) is 64.7 Å². The molecule has 0 saturated heterocycles. The lowest BCUT2D eigenvalue weighted by molar-refractivity contribution is 0.0951. The second-order valence-electron chi connectivity index (χ2n) is 4.74. The van der Waals surface area contributed by atoms with Gasteiger partial charge in [0.25, 0.3) is 5.91 Å². The molecule has 0 fully saturated rings. The number of hydrogen-bond acceptors (Lipinski definition) is 3. The van der Waals surface area contributed by atoms with Gasteiger partial charge in [0.15, 0.2) is 0 Å². The largest absolute Gasteiger partial charge is 0.348 e. The molecule has 2 rings (SSSR count). The van der Waals surface area contributed by atoms with E-state index in [-0.39, 0.29) is 22.2 Å². The summed E-state index contributed by atoms with van der Waals surface area (Å²) in [7, 11) is -3.41. The Morgan fingerprint density at radius 2 is 1.82 bits per heavy atom. The van der Waals surface area contributed by atoms with Gasteiger partial charge < -0.3 is 5.32 Å². The molecular formula is C15H15ClN2O3S. The van der Waals surface area contributed by atoms with Crippen LogP contribution in [0, 0.1) is 0 Å². The normalized spacial score (nSPS) is 11.0. The molecule has 5 nitrogen and oxygen atoms in total. The Bertz CT molecular complexity index is 777. The average Bonchev–Trinajstić information content (AvgIpc) is 2.46. The first kappa shape index (κ1) is 16.3. The van der Waals surface area contributed by atoms with Crippen LogP contribution in [0.3, 0.4) is 0 Å². The van der Waals surface area contributed by atoms with Crippen molar-refractivity contribution in [2.75, 3.05) is 11.0 Å². The maximum Gasteiger partial charge on any atom is 0.253 e. The SMILES string of the molecule is CS(=O)(=O)Nc1ccc(Cl)c(C(=O)NCc2ccccc2)c1. The van der Waals surface area contributed by atoms with Crippen LogP contribution in [-0.4, -0.2) is 20.6 Å². The van der Waals surface area contributed by atoms with Crippen LogP contribution >= 0.6 is 11.6 Å². The average molecular weight is 339 g/mol. The van der Waals surface area contributed by atoms with Gasteiger partial charge in [0, 0.05) is 12.2 Å². The summed E-state index contributed by atoms with van der Waals surface area (Å²) in [6.45, 7) is 0.361. The van der Waals surface area contributed by atoms with Crippen molar-refractivity contribution in [1.29, 1.82) is 0 Å². The van der Waals surface area contributed by atoms with Crippen molar-refractivity contribution in [3.63, 3.8) is 0 Å². The summed E-state index contributed by atoms with van der Waals surface area (Å²) in [5, 5.41) is 3.00. The maximum atomic E-state index is 12.2. The van der Waals surface area contributed by atoms with Gasteiger partial charge >= 0.3 is 0 Å². The molecular weight excluding hydrogens is 324 g/mol. The lowest BCUT2D eigenvalue weighted by Crippen LogP contribution is -2.23. The van der Waals surface area contributed by atoms with Crippen molar-refractivity contribution >= 4 is 33.2 Å². The highest BCUT2D eigenvalue weighted by Crippen LogP contribution is 2.21. The number of amides is 1. The summed E-state index contributed by atoms with van der Waals surface area (Å²) >= 11 is 6.01. The molecule has 2 aromatic carbocycles. The maximum absolute atomic E-state index is 12.2. The summed E-state index contributed by atoms with van der Waals surface area (Å²) in [5.74, 6) is -0.369. The number of benzene rings is 2. The fraction of sp³-hybridized carbons (Fsp3) is 0.133. The van der Waals surface area contributed by atoms with E-state index in [1.165, 1.54) is 18.2 Å². The third kappa shape index (κ3) is 4.75. The smallest absolute Gasteiger partial charge is 0.253 e. The Morgan fingerprint density at radius 3 is 2.45 bits per heavy atom. The molecule has 0 heterocycles. The number of carbonyl (C=O) groups excluding carboxylic acids is 1. The number of hydrogen-bond donors (Lipinski definition) is 2. The second-order valence-corrected chi connectivity index (χ2v) is 6.89. The van der Waals surface area contributed by atoms with E-state index in [1.54, 1.807) is 0 Å². The fourth-order valence-corrected chi connectivity index (χ4v) is 2.61. The molecule has 0 atom stereocenters. The highest BCUT2D eigenvalue weighted by atomic mass is 35.5. The lowest BCUT2D eigenvalue weighted by atomic mass is 10.1. The number of sulfonamides is 1. The molecule has 0 spiro atoms.